The molecule has 0 atom stereocenters. The number of nitrogens with zero attached hydrogens (tertiary/aromatic N) is 3. The first kappa shape index (κ1) is 15.2. The Bertz CT molecular complexity index is 762. The summed E-state index contributed by atoms with van der Waals surface area (Å²) in [4.78, 5) is 15.7. The molecule has 0 fully saturated rings. The highest BCUT2D eigenvalue weighted by atomic mass is 32.1. The number of thiophene rings is 1. The van der Waals surface area contributed by atoms with E-state index in [-0.39, 0.29) is 5.91 Å². The molecule has 0 aliphatic heterocycles. The van der Waals surface area contributed by atoms with Crippen molar-refractivity contribution in [3.8, 4) is 0 Å². The molecule has 0 spiro atoms. The van der Waals surface area contributed by atoms with Crippen molar-refractivity contribution >= 4 is 23.3 Å². The average molecular weight is 324 g/mol. The summed E-state index contributed by atoms with van der Waals surface area (Å²) < 4.78 is 1.77. The van der Waals surface area contributed by atoms with E-state index in [0.29, 0.717) is 13.1 Å². The predicted molar refractivity (Wildman–Crippen MR) is 90.8 cm³/mol. The maximum absolute atomic E-state index is 11.8. The fourth-order valence-corrected chi connectivity index (χ4v) is 2.68. The van der Waals surface area contributed by atoms with E-state index >= 15 is 0 Å². The lowest BCUT2D eigenvalue weighted by atomic mass is 10.1. The topological polar surface area (TPSA) is 59.8 Å². The van der Waals surface area contributed by atoms with Crippen molar-refractivity contribution in [3.05, 3.63) is 76.5 Å². The molecule has 2 aromatic heterocycles. The minimum atomic E-state index is -0.0945. The normalized spacial score (nSPS) is 11.0. The van der Waals surface area contributed by atoms with Crippen LogP contribution in [0.3, 0.4) is 0 Å². The quantitative estimate of drug-likeness (QED) is 0.709. The van der Waals surface area contributed by atoms with Crippen molar-refractivity contribution in [2.45, 2.75) is 13.1 Å². The van der Waals surface area contributed by atoms with Crippen molar-refractivity contribution in [1.82, 2.24) is 20.1 Å². The van der Waals surface area contributed by atoms with E-state index in [1.165, 1.54) is 6.33 Å². The van der Waals surface area contributed by atoms with Gasteiger partial charge in [-0.05, 0) is 39.6 Å². The molecular weight excluding hydrogens is 308 g/mol. The molecule has 0 saturated carbocycles. The zero-order chi connectivity index (χ0) is 15.9. The molecule has 0 bridgehead atoms. The first-order chi connectivity index (χ1) is 11.3. The van der Waals surface area contributed by atoms with Crippen LogP contribution in [-0.2, 0) is 17.9 Å². The number of aromatic nitrogens is 3. The van der Waals surface area contributed by atoms with Gasteiger partial charge in [0.25, 0.3) is 0 Å². The molecule has 1 N–H and O–H groups in total. The summed E-state index contributed by atoms with van der Waals surface area (Å²) in [5.74, 6) is -0.0945. The van der Waals surface area contributed by atoms with Gasteiger partial charge in [-0.3, -0.25) is 4.79 Å². The van der Waals surface area contributed by atoms with Crippen LogP contribution < -0.4 is 5.32 Å². The van der Waals surface area contributed by atoms with Crippen LogP contribution in [0.15, 0.2) is 59.8 Å². The number of rotatable bonds is 6. The summed E-state index contributed by atoms with van der Waals surface area (Å²) in [6.45, 7) is 1.20. The third-order valence-electron chi connectivity index (χ3n) is 3.27. The Morgan fingerprint density at radius 1 is 1.22 bits per heavy atom. The summed E-state index contributed by atoms with van der Waals surface area (Å²) in [5.41, 5.74) is 3.25. The zero-order valence-electron chi connectivity index (χ0n) is 12.4. The van der Waals surface area contributed by atoms with Crippen LogP contribution in [0, 0.1) is 0 Å². The van der Waals surface area contributed by atoms with Crippen LogP contribution in [0.1, 0.15) is 16.7 Å². The number of carbonyl (C=O) groups excluding carboxylic acids is 1. The Labute approximate surface area is 138 Å². The van der Waals surface area contributed by atoms with Gasteiger partial charge in [0.1, 0.15) is 12.7 Å². The molecule has 116 valence electrons. The number of hydrogen-bond donors (Lipinski definition) is 1. The van der Waals surface area contributed by atoms with Crippen molar-refractivity contribution in [2.75, 3.05) is 0 Å². The molecule has 3 rings (SSSR count). The number of benzene rings is 1. The van der Waals surface area contributed by atoms with E-state index in [0.717, 1.165) is 16.7 Å². The smallest absolute Gasteiger partial charge is 0.244 e. The van der Waals surface area contributed by atoms with Gasteiger partial charge in [0, 0.05) is 12.6 Å². The molecule has 0 aliphatic rings. The van der Waals surface area contributed by atoms with E-state index in [2.05, 4.69) is 15.4 Å². The second kappa shape index (κ2) is 7.51. The SMILES string of the molecule is O=C(/C=C/c1ccsc1)NCc1ccc(Cn2cncn2)cc1. The standard InChI is InChI=1S/C17H16N4OS/c22-17(6-5-16-7-8-23-11-16)19-9-14-1-3-15(4-2-14)10-21-13-18-12-20-21/h1-8,11-13H,9-10H2,(H,19,22)/b6-5+. The molecule has 23 heavy (non-hydrogen) atoms. The van der Waals surface area contributed by atoms with E-state index in [9.17, 15) is 4.79 Å². The lowest BCUT2D eigenvalue weighted by molar-refractivity contribution is -0.116. The molecule has 6 heteroatoms. The first-order valence-corrected chi connectivity index (χ1v) is 8.12. The highest BCUT2D eigenvalue weighted by molar-refractivity contribution is 7.08. The summed E-state index contributed by atoms with van der Waals surface area (Å²) >= 11 is 1.61. The van der Waals surface area contributed by atoms with E-state index in [1.807, 2.05) is 47.2 Å². The Kier molecular flexibility index (Phi) is 4.95. The molecule has 2 heterocycles. The Morgan fingerprint density at radius 3 is 2.74 bits per heavy atom. The first-order valence-electron chi connectivity index (χ1n) is 7.18. The minimum Gasteiger partial charge on any atom is -0.348 e. The lowest BCUT2D eigenvalue weighted by Gasteiger charge is -2.05. The molecule has 1 aromatic carbocycles. The van der Waals surface area contributed by atoms with Crippen LogP contribution in [0.25, 0.3) is 6.08 Å². The van der Waals surface area contributed by atoms with Crippen molar-refractivity contribution < 1.29 is 4.79 Å². The number of amides is 1. The summed E-state index contributed by atoms with van der Waals surface area (Å²) in [6, 6.07) is 10.1. The lowest BCUT2D eigenvalue weighted by Crippen LogP contribution is -2.20. The van der Waals surface area contributed by atoms with Crippen LogP contribution in [0.5, 0.6) is 0 Å². The maximum atomic E-state index is 11.8. The fourth-order valence-electron chi connectivity index (χ4n) is 2.05. The molecule has 1 amide bonds. The van der Waals surface area contributed by atoms with E-state index < -0.39 is 0 Å². The van der Waals surface area contributed by atoms with Crippen LogP contribution in [-0.4, -0.2) is 20.7 Å². The van der Waals surface area contributed by atoms with Crippen LogP contribution in [0.4, 0.5) is 0 Å². The van der Waals surface area contributed by atoms with Gasteiger partial charge in [0.2, 0.25) is 5.91 Å². The van der Waals surface area contributed by atoms with Gasteiger partial charge in [0.05, 0.1) is 6.54 Å². The monoisotopic (exact) mass is 324 g/mol. The van der Waals surface area contributed by atoms with Crippen LogP contribution >= 0.6 is 11.3 Å². The predicted octanol–water partition coefficient (Wildman–Crippen LogP) is 2.72. The maximum Gasteiger partial charge on any atom is 0.244 e. The van der Waals surface area contributed by atoms with Crippen molar-refractivity contribution in [2.24, 2.45) is 0 Å². The average Bonchev–Trinajstić information content (AvgIpc) is 3.26. The Hall–Kier alpha value is -2.73. The van der Waals surface area contributed by atoms with E-state index in [4.69, 9.17) is 0 Å². The second-order valence-corrected chi connectivity index (χ2v) is 5.80. The van der Waals surface area contributed by atoms with Gasteiger partial charge < -0.3 is 5.32 Å². The highest BCUT2D eigenvalue weighted by Crippen LogP contribution is 2.08. The van der Waals surface area contributed by atoms with Gasteiger partial charge >= 0.3 is 0 Å². The van der Waals surface area contributed by atoms with Crippen molar-refractivity contribution in [1.29, 1.82) is 0 Å². The summed E-state index contributed by atoms with van der Waals surface area (Å²) in [5, 5.41) is 10.9. The third kappa shape index (κ3) is 4.62. The van der Waals surface area contributed by atoms with Gasteiger partial charge in [-0.25, -0.2) is 9.67 Å². The summed E-state index contributed by atoms with van der Waals surface area (Å²) in [6.07, 6.45) is 6.58. The third-order valence-corrected chi connectivity index (χ3v) is 3.97. The minimum absolute atomic E-state index is 0.0945. The molecule has 5 nitrogen and oxygen atoms in total. The molecule has 0 aliphatic carbocycles. The number of hydrogen-bond acceptors (Lipinski definition) is 4. The molecule has 0 radical (unpaired) electrons. The number of carbonyl (C=O) groups is 1. The highest BCUT2D eigenvalue weighted by Gasteiger charge is 1.99. The van der Waals surface area contributed by atoms with Gasteiger partial charge in [-0.1, -0.05) is 24.3 Å². The van der Waals surface area contributed by atoms with Crippen LogP contribution in [0.2, 0.25) is 0 Å². The molecule has 0 saturated heterocycles. The van der Waals surface area contributed by atoms with E-state index in [1.54, 1.807) is 28.4 Å². The van der Waals surface area contributed by atoms with Gasteiger partial charge in [-0.2, -0.15) is 16.4 Å². The Morgan fingerprint density at radius 2 is 2.04 bits per heavy atom. The van der Waals surface area contributed by atoms with Crippen molar-refractivity contribution in [3.63, 3.8) is 0 Å². The number of nitrogens with one attached hydrogen (secondary N) is 1. The Balaban J connectivity index is 1.49. The zero-order valence-corrected chi connectivity index (χ0v) is 13.2. The molecule has 3 aromatic rings. The largest absolute Gasteiger partial charge is 0.348 e. The van der Waals surface area contributed by atoms with Gasteiger partial charge in [-0.15, -0.1) is 0 Å². The van der Waals surface area contributed by atoms with Gasteiger partial charge in [0.15, 0.2) is 0 Å². The molecular formula is C17H16N4OS. The molecule has 0 unspecified atom stereocenters. The fraction of sp³-hybridized carbons (Fsp3) is 0.118. The summed E-state index contributed by atoms with van der Waals surface area (Å²) in [7, 11) is 0. The second-order valence-electron chi connectivity index (χ2n) is 5.02.